The van der Waals surface area contributed by atoms with Gasteiger partial charge in [0.15, 0.2) is 5.82 Å². The van der Waals surface area contributed by atoms with Crippen molar-refractivity contribution in [3.8, 4) is 0 Å². The molecule has 0 saturated carbocycles. The molecule has 84 valence electrons. The first-order valence-corrected chi connectivity index (χ1v) is 5.43. The molecule has 0 aliphatic rings. The van der Waals surface area contributed by atoms with Gasteiger partial charge in [-0.25, -0.2) is 15.4 Å². The summed E-state index contributed by atoms with van der Waals surface area (Å²) in [5, 5.41) is 4.13. The third-order valence-electron chi connectivity index (χ3n) is 2.22. The van der Waals surface area contributed by atoms with E-state index in [-0.39, 0.29) is 6.04 Å². The van der Waals surface area contributed by atoms with Crippen LogP contribution >= 0.6 is 15.9 Å². The lowest BCUT2D eigenvalue weighted by molar-refractivity contribution is 0.548. The molecule has 0 amide bonds. The molecule has 16 heavy (non-hydrogen) atoms. The quantitative estimate of drug-likeness (QED) is 0.634. The molecule has 7 heteroatoms. The monoisotopic (exact) mass is 282 g/mol. The van der Waals surface area contributed by atoms with Crippen molar-refractivity contribution in [2.45, 2.75) is 6.04 Å². The van der Waals surface area contributed by atoms with Gasteiger partial charge >= 0.3 is 0 Å². The van der Waals surface area contributed by atoms with Gasteiger partial charge in [0.25, 0.3) is 0 Å². The highest BCUT2D eigenvalue weighted by molar-refractivity contribution is 9.10. The van der Waals surface area contributed by atoms with Crippen molar-refractivity contribution in [2.75, 3.05) is 0 Å². The highest BCUT2D eigenvalue weighted by atomic mass is 79.9. The van der Waals surface area contributed by atoms with Gasteiger partial charge in [-0.2, -0.15) is 5.10 Å². The van der Waals surface area contributed by atoms with E-state index in [4.69, 9.17) is 5.84 Å². The van der Waals surface area contributed by atoms with Gasteiger partial charge in [-0.05, 0) is 22.0 Å². The zero-order chi connectivity index (χ0) is 11.5. The van der Waals surface area contributed by atoms with E-state index in [2.05, 4.69) is 36.4 Å². The fourth-order valence-electron chi connectivity index (χ4n) is 1.48. The van der Waals surface area contributed by atoms with E-state index in [0.29, 0.717) is 5.82 Å². The lowest BCUT2D eigenvalue weighted by Gasteiger charge is -2.15. The Hall–Kier alpha value is -1.31. The van der Waals surface area contributed by atoms with E-state index in [9.17, 15) is 0 Å². The van der Waals surface area contributed by atoms with Gasteiger partial charge in [0, 0.05) is 19.4 Å². The molecule has 2 rings (SSSR count). The Morgan fingerprint density at radius 3 is 2.62 bits per heavy atom. The number of hydrogen-bond donors (Lipinski definition) is 2. The first-order chi connectivity index (χ1) is 7.74. The summed E-state index contributed by atoms with van der Waals surface area (Å²) in [6, 6.07) is 1.47. The Balaban J connectivity index is 2.45. The molecule has 6 nitrogen and oxygen atoms in total. The van der Waals surface area contributed by atoms with E-state index >= 15 is 0 Å². The molecule has 0 saturated heterocycles. The highest BCUT2D eigenvalue weighted by Crippen LogP contribution is 2.25. The van der Waals surface area contributed by atoms with Crippen LogP contribution in [0.4, 0.5) is 0 Å². The molecule has 0 fully saturated rings. The largest absolute Gasteiger partial charge is 0.270 e. The molecule has 2 heterocycles. The molecule has 0 aromatic carbocycles. The summed E-state index contributed by atoms with van der Waals surface area (Å²) >= 11 is 3.42. The van der Waals surface area contributed by atoms with Gasteiger partial charge in [-0.1, -0.05) is 0 Å². The van der Waals surface area contributed by atoms with Crippen LogP contribution in [0.25, 0.3) is 0 Å². The van der Waals surface area contributed by atoms with Crippen LogP contribution in [0.1, 0.15) is 17.6 Å². The SMILES string of the molecule is Cn1ncc(Br)c1C(NN)c1ncccn1. The zero-order valence-corrected chi connectivity index (χ0v) is 10.2. The van der Waals surface area contributed by atoms with Crippen LogP contribution in [-0.2, 0) is 7.05 Å². The van der Waals surface area contributed by atoms with Crippen LogP contribution in [0.2, 0.25) is 0 Å². The second kappa shape index (κ2) is 4.69. The number of nitrogens with one attached hydrogen (secondary N) is 1. The highest BCUT2D eigenvalue weighted by Gasteiger charge is 2.21. The Morgan fingerprint density at radius 1 is 1.44 bits per heavy atom. The second-order valence-corrected chi connectivity index (χ2v) is 4.06. The summed E-state index contributed by atoms with van der Waals surface area (Å²) in [6.45, 7) is 0. The molecule has 2 aromatic rings. The number of nitrogens with two attached hydrogens (primary N) is 1. The predicted molar refractivity (Wildman–Crippen MR) is 62.1 cm³/mol. The Kier molecular flexibility index (Phi) is 3.28. The average Bonchev–Trinajstić information content (AvgIpc) is 2.63. The van der Waals surface area contributed by atoms with Gasteiger partial charge in [0.2, 0.25) is 0 Å². The van der Waals surface area contributed by atoms with Gasteiger partial charge in [0.05, 0.1) is 16.4 Å². The van der Waals surface area contributed by atoms with Crippen LogP contribution in [0.15, 0.2) is 29.1 Å². The van der Waals surface area contributed by atoms with E-state index in [1.165, 1.54) is 0 Å². The van der Waals surface area contributed by atoms with Crippen molar-refractivity contribution in [2.24, 2.45) is 12.9 Å². The first-order valence-electron chi connectivity index (χ1n) is 4.64. The number of halogens is 1. The molecule has 1 unspecified atom stereocenters. The van der Waals surface area contributed by atoms with Crippen LogP contribution < -0.4 is 11.3 Å². The molecule has 0 aliphatic heterocycles. The maximum absolute atomic E-state index is 5.54. The molecule has 3 N–H and O–H groups in total. The number of hydrogen-bond acceptors (Lipinski definition) is 5. The van der Waals surface area contributed by atoms with Crippen LogP contribution in [0.5, 0.6) is 0 Å². The Labute approximate surface area is 101 Å². The summed E-state index contributed by atoms with van der Waals surface area (Å²) in [4.78, 5) is 8.35. The lowest BCUT2D eigenvalue weighted by Crippen LogP contribution is -2.31. The molecule has 2 aromatic heterocycles. The minimum absolute atomic E-state index is 0.289. The minimum Gasteiger partial charge on any atom is -0.270 e. The topological polar surface area (TPSA) is 81.7 Å². The van der Waals surface area contributed by atoms with Crippen molar-refractivity contribution < 1.29 is 0 Å². The zero-order valence-electron chi connectivity index (χ0n) is 8.63. The molecule has 0 spiro atoms. The van der Waals surface area contributed by atoms with Crippen molar-refractivity contribution >= 4 is 15.9 Å². The van der Waals surface area contributed by atoms with Gasteiger partial charge in [-0.15, -0.1) is 0 Å². The number of aromatic nitrogens is 4. The predicted octanol–water partition coefficient (Wildman–Crippen LogP) is 0.525. The molecular formula is C9H11BrN6. The second-order valence-electron chi connectivity index (χ2n) is 3.21. The smallest absolute Gasteiger partial charge is 0.152 e. The summed E-state index contributed by atoms with van der Waals surface area (Å²) in [5.74, 6) is 6.15. The maximum Gasteiger partial charge on any atom is 0.152 e. The van der Waals surface area contributed by atoms with Crippen LogP contribution in [0, 0.1) is 0 Å². The van der Waals surface area contributed by atoms with E-state index in [0.717, 1.165) is 10.2 Å². The fourth-order valence-corrected chi connectivity index (χ4v) is 2.06. The summed E-state index contributed by atoms with van der Waals surface area (Å²) in [7, 11) is 1.84. The maximum atomic E-state index is 5.54. The molecule has 1 atom stereocenters. The number of nitrogens with zero attached hydrogens (tertiary/aromatic N) is 4. The fraction of sp³-hybridized carbons (Fsp3) is 0.222. The normalized spacial score (nSPS) is 12.7. The molecule has 0 aliphatic carbocycles. The van der Waals surface area contributed by atoms with Crippen LogP contribution in [0.3, 0.4) is 0 Å². The Morgan fingerprint density at radius 2 is 2.12 bits per heavy atom. The van der Waals surface area contributed by atoms with E-state index in [1.54, 1.807) is 29.3 Å². The van der Waals surface area contributed by atoms with Gasteiger partial charge in [-0.3, -0.25) is 10.5 Å². The van der Waals surface area contributed by atoms with Gasteiger partial charge in [0.1, 0.15) is 6.04 Å². The van der Waals surface area contributed by atoms with Crippen molar-refractivity contribution in [1.82, 2.24) is 25.2 Å². The number of rotatable bonds is 3. The standard InChI is InChI=1S/C9H11BrN6/c1-16-8(6(10)5-14-16)7(15-11)9-12-3-2-4-13-9/h2-5,7,15H,11H2,1H3. The number of aryl methyl sites for hydroxylation is 1. The average molecular weight is 283 g/mol. The number of hydrazine groups is 1. The third kappa shape index (κ3) is 1.97. The minimum atomic E-state index is -0.289. The summed E-state index contributed by atoms with van der Waals surface area (Å²) in [5.41, 5.74) is 3.57. The van der Waals surface area contributed by atoms with Crippen molar-refractivity contribution in [3.63, 3.8) is 0 Å². The molecule has 0 bridgehead atoms. The van der Waals surface area contributed by atoms with Gasteiger partial charge < -0.3 is 0 Å². The summed E-state index contributed by atoms with van der Waals surface area (Å²) in [6.07, 6.45) is 5.07. The lowest BCUT2D eigenvalue weighted by atomic mass is 10.2. The third-order valence-corrected chi connectivity index (χ3v) is 2.83. The van der Waals surface area contributed by atoms with Crippen molar-refractivity contribution in [1.29, 1.82) is 0 Å². The molecule has 0 radical (unpaired) electrons. The Bertz CT molecular complexity index is 449. The summed E-state index contributed by atoms with van der Waals surface area (Å²) < 4.78 is 2.59. The first kappa shape index (κ1) is 11.2. The van der Waals surface area contributed by atoms with E-state index < -0.39 is 0 Å². The van der Waals surface area contributed by atoms with Crippen LogP contribution in [-0.4, -0.2) is 19.7 Å². The van der Waals surface area contributed by atoms with Crippen molar-refractivity contribution in [3.05, 3.63) is 40.6 Å². The van der Waals surface area contributed by atoms with E-state index in [1.807, 2.05) is 7.05 Å². The molecular weight excluding hydrogens is 272 g/mol.